The van der Waals surface area contributed by atoms with Crippen molar-refractivity contribution in [3.05, 3.63) is 71.9 Å². The lowest BCUT2D eigenvalue weighted by atomic mass is 10.0. The van der Waals surface area contributed by atoms with E-state index in [0.717, 1.165) is 29.1 Å². The van der Waals surface area contributed by atoms with E-state index in [2.05, 4.69) is 4.98 Å². The molecular weight excluding hydrogens is 369 g/mol. The Bertz CT molecular complexity index is 1010. The Balaban J connectivity index is 1.48. The van der Waals surface area contributed by atoms with Gasteiger partial charge in [0, 0.05) is 30.8 Å². The third-order valence-corrected chi connectivity index (χ3v) is 4.80. The van der Waals surface area contributed by atoms with Crippen molar-refractivity contribution in [3.63, 3.8) is 0 Å². The molecule has 0 bridgehead atoms. The number of carbonyl (C=O) groups excluding carboxylic acids is 1. The fourth-order valence-electron chi connectivity index (χ4n) is 3.41. The first-order valence-corrected chi connectivity index (χ1v) is 8.89. The fraction of sp³-hybridized carbons (Fsp3) is 0.238. The third-order valence-electron chi connectivity index (χ3n) is 4.80. The summed E-state index contributed by atoms with van der Waals surface area (Å²) in [5.74, 6) is -0.195. The lowest BCUT2D eigenvalue weighted by molar-refractivity contribution is -0.137. The lowest BCUT2D eigenvalue weighted by Gasteiger charge is -2.18. The number of alkyl halides is 3. The zero-order chi connectivity index (χ0) is 19.7. The van der Waals surface area contributed by atoms with E-state index in [4.69, 9.17) is 4.74 Å². The smallest absolute Gasteiger partial charge is 0.416 e. The molecule has 0 aliphatic carbocycles. The number of nitrogens with zero attached hydrogens (tertiary/aromatic N) is 2. The van der Waals surface area contributed by atoms with Gasteiger partial charge >= 0.3 is 6.18 Å². The summed E-state index contributed by atoms with van der Waals surface area (Å²) >= 11 is 0. The minimum absolute atomic E-state index is 0.0840. The maximum atomic E-state index is 13.0. The number of fused-ring (bicyclic) bond motifs is 1. The molecule has 0 saturated carbocycles. The Hall–Kier alpha value is -3.09. The maximum absolute atomic E-state index is 13.0. The van der Waals surface area contributed by atoms with Crippen LogP contribution in [0.1, 0.15) is 22.3 Å². The normalized spacial score (nSPS) is 17.1. The fourth-order valence-corrected chi connectivity index (χ4v) is 3.41. The molecule has 1 aliphatic rings. The molecule has 28 heavy (non-hydrogen) atoms. The third kappa shape index (κ3) is 3.65. The number of halogens is 3. The second kappa shape index (κ2) is 7.14. The summed E-state index contributed by atoms with van der Waals surface area (Å²) in [6.45, 7) is 0.783. The molecule has 1 fully saturated rings. The van der Waals surface area contributed by atoms with Crippen molar-refractivity contribution in [1.29, 1.82) is 0 Å². The first-order chi connectivity index (χ1) is 13.4. The number of rotatable bonds is 3. The molecule has 1 aliphatic heterocycles. The molecule has 0 radical (unpaired) electrons. The zero-order valence-electron chi connectivity index (χ0n) is 14.8. The van der Waals surface area contributed by atoms with E-state index in [0.29, 0.717) is 25.1 Å². The topological polar surface area (TPSA) is 42.4 Å². The van der Waals surface area contributed by atoms with Gasteiger partial charge in [-0.05, 0) is 22.9 Å². The molecule has 4 rings (SSSR count). The van der Waals surface area contributed by atoms with Crippen LogP contribution in [0.5, 0.6) is 5.88 Å². The van der Waals surface area contributed by atoms with E-state index >= 15 is 0 Å². The van der Waals surface area contributed by atoms with Crippen LogP contribution < -0.4 is 4.74 Å². The van der Waals surface area contributed by atoms with Gasteiger partial charge in [0.05, 0.1) is 12.1 Å². The van der Waals surface area contributed by atoms with Gasteiger partial charge in [0.2, 0.25) is 5.88 Å². The molecule has 4 nitrogen and oxygen atoms in total. The van der Waals surface area contributed by atoms with E-state index in [1.165, 1.54) is 0 Å². The van der Waals surface area contributed by atoms with Crippen LogP contribution in [-0.2, 0) is 6.18 Å². The predicted molar refractivity (Wildman–Crippen MR) is 98.1 cm³/mol. The van der Waals surface area contributed by atoms with Gasteiger partial charge in [-0.2, -0.15) is 13.2 Å². The largest absolute Gasteiger partial charge is 0.472 e. The summed E-state index contributed by atoms with van der Waals surface area (Å²) in [5, 5.41) is 1.85. The first kappa shape index (κ1) is 18.3. The molecule has 0 spiro atoms. The average molecular weight is 386 g/mol. The molecule has 2 heterocycles. The molecular formula is C21H17F3N2O2. The summed E-state index contributed by atoms with van der Waals surface area (Å²) in [4.78, 5) is 18.5. The van der Waals surface area contributed by atoms with Crippen molar-refractivity contribution in [3.8, 4) is 5.88 Å². The van der Waals surface area contributed by atoms with Crippen LogP contribution >= 0.6 is 0 Å². The number of pyridine rings is 1. The summed E-state index contributed by atoms with van der Waals surface area (Å²) in [6, 6.07) is 15.0. The standard InChI is InChI=1S/C21H17F3N2O2/c22-21(23,24)15-8-10-25-19(12-15)28-16-9-11-26(13-16)20(27)18-7-3-5-14-4-1-2-6-17(14)18/h1-8,10,12,16H,9,11,13H2. The van der Waals surface area contributed by atoms with Crippen LogP contribution in [0.3, 0.4) is 0 Å². The van der Waals surface area contributed by atoms with Crippen molar-refractivity contribution < 1.29 is 22.7 Å². The van der Waals surface area contributed by atoms with Gasteiger partial charge in [-0.3, -0.25) is 4.79 Å². The van der Waals surface area contributed by atoms with Crippen molar-refractivity contribution in [2.24, 2.45) is 0 Å². The number of ether oxygens (including phenoxy) is 1. The van der Waals surface area contributed by atoms with Gasteiger partial charge in [0.15, 0.2) is 0 Å². The second-order valence-electron chi connectivity index (χ2n) is 6.69. The van der Waals surface area contributed by atoms with E-state index in [-0.39, 0.29) is 11.8 Å². The van der Waals surface area contributed by atoms with E-state index in [1.807, 2.05) is 36.4 Å². The van der Waals surface area contributed by atoms with Crippen LogP contribution in [0.15, 0.2) is 60.8 Å². The number of likely N-dealkylation sites (tertiary alicyclic amines) is 1. The van der Waals surface area contributed by atoms with Crippen molar-refractivity contribution in [2.45, 2.75) is 18.7 Å². The van der Waals surface area contributed by atoms with Crippen molar-refractivity contribution >= 4 is 16.7 Å². The van der Waals surface area contributed by atoms with Gasteiger partial charge in [-0.1, -0.05) is 36.4 Å². The monoisotopic (exact) mass is 386 g/mol. The van der Waals surface area contributed by atoms with E-state index in [1.54, 1.807) is 11.0 Å². The zero-order valence-corrected chi connectivity index (χ0v) is 14.8. The Morgan fingerprint density at radius 3 is 2.71 bits per heavy atom. The number of hydrogen-bond donors (Lipinski definition) is 0. The number of aromatic nitrogens is 1. The molecule has 1 saturated heterocycles. The van der Waals surface area contributed by atoms with Crippen molar-refractivity contribution in [2.75, 3.05) is 13.1 Å². The van der Waals surface area contributed by atoms with Gasteiger partial charge in [-0.15, -0.1) is 0 Å². The van der Waals surface area contributed by atoms with Crippen LogP contribution in [0, 0.1) is 0 Å². The highest BCUT2D eigenvalue weighted by Crippen LogP contribution is 2.31. The minimum atomic E-state index is -4.45. The van der Waals surface area contributed by atoms with Gasteiger partial charge in [0.25, 0.3) is 5.91 Å². The summed E-state index contributed by atoms with van der Waals surface area (Å²) in [6.07, 6.45) is -3.23. The Morgan fingerprint density at radius 1 is 1.11 bits per heavy atom. The molecule has 2 aromatic carbocycles. The van der Waals surface area contributed by atoms with Gasteiger partial charge in [-0.25, -0.2) is 4.98 Å². The average Bonchev–Trinajstić information content (AvgIpc) is 3.15. The SMILES string of the molecule is O=C(c1cccc2ccccc12)N1CCC(Oc2cc(C(F)(F)F)ccn2)C1. The number of carbonyl (C=O) groups is 1. The predicted octanol–water partition coefficient (Wildman–Crippen LogP) is 4.55. The van der Waals surface area contributed by atoms with Crippen LogP contribution in [0.25, 0.3) is 10.8 Å². The van der Waals surface area contributed by atoms with Crippen molar-refractivity contribution in [1.82, 2.24) is 9.88 Å². The van der Waals surface area contributed by atoms with E-state index < -0.39 is 17.8 Å². The van der Waals surface area contributed by atoms with Crippen LogP contribution in [0.4, 0.5) is 13.2 Å². The second-order valence-corrected chi connectivity index (χ2v) is 6.69. The van der Waals surface area contributed by atoms with E-state index in [9.17, 15) is 18.0 Å². The quantitative estimate of drug-likeness (QED) is 0.663. The Kier molecular flexibility index (Phi) is 4.66. The highest BCUT2D eigenvalue weighted by molar-refractivity contribution is 6.07. The molecule has 1 aromatic heterocycles. The highest BCUT2D eigenvalue weighted by atomic mass is 19.4. The summed E-state index contributed by atoms with van der Waals surface area (Å²) < 4.78 is 44.1. The highest BCUT2D eigenvalue weighted by Gasteiger charge is 2.32. The summed E-state index contributed by atoms with van der Waals surface area (Å²) in [5.41, 5.74) is -0.199. The maximum Gasteiger partial charge on any atom is 0.416 e. The van der Waals surface area contributed by atoms with Crippen LogP contribution in [0.2, 0.25) is 0 Å². The minimum Gasteiger partial charge on any atom is -0.472 e. The molecule has 144 valence electrons. The molecule has 3 aromatic rings. The Labute approximate surface area is 159 Å². The number of hydrogen-bond acceptors (Lipinski definition) is 3. The molecule has 1 unspecified atom stereocenters. The lowest BCUT2D eigenvalue weighted by Crippen LogP contribution is -2.31. The number of benzene rings is 2. The molecule has 0 N–H and O–H groups in total. The van der Waals surface area contributed by atoms with Gasteiger partial charge in [0.1, 0.15) is 6.10 Å². The molecule has 1 amide bonds. The molecule has 1 atom stereocenters. The number of amides is 1. The molecule has 7 heteroatoms. The first-order valence-electron chi connectivity index (χ1n) is 8.89. The van der Waals surface area contributed by atoms with Crippen LogP contribution in [-0.4, -0.2) is 35.0 Å². The summed E-state index contributed by atoms with van der Waals surface area (Å²) in [7, 11) is 0. The Morgan fingerprint density at radius 2 is 1.89 bits per heavy atom. The van der Waals surface area contributed by atoms with Gasteiger partial charge < -0.3 is 9.64 Å².